The zero-order valence-corrected chi connectivity index (χ0v) is 29.2. The molecule has 0 radical (unpaired) electrons. The van der Waals surface area contributed by atoms with Gasteiger partial charge in [-0.15, -0.1) is 0 Å². The first-order valence-corrected chi connectivity index (χ1v) is 17.9. The van der Waals surface area contributed by atoms with Crippen molar-refractivity contribution in [2.45, 2.75) is 173 Å². The maximum atomic E-state index is 12.2. The van der Waals surface area contributed by atoms with Crippen LogP contribution in [0.3, 0.4) is 0 Å². The first kappa shape index (κ1) is 35.4. The van der Waals surface area contributed by atoms with E-state index in [0.29, 0.717) is 19.3 Å². The molecule has 0 aromatic carbocycles. The fourth-order valence-electron chi connectivity index (χ4n) is 12.7. The molecule has 4 aliphatic carbocycles. The van der Waals surface area contributed by atoms with Gasteiger partial charge in [-0.05, 0) is 117 Å². The molecule has 6 rings (SSSR count). The van der Waals surface area contributed by atoms with Crippen LogP contribution in [0.5, 0.6) is 0 Å². The van der Waals surface area contributed by atoms with Crippen molar-refractivity contribution < 1.29 is 50.0 Å². The van der Waals surface area contributed by atoms with E-state index in [0.717, 1.165) is 32.1 Å². The molecule has 0 amide bonds. The van der Waals surface area contributed by atoms with E-state index in [-0.39, 0.29) is 46.0 Å². The molecule has 2 saturated heterocycles. The van der Waals surface area contributed by atoms with Crippen LogP contribution in [0.1, 0.15) is 107 Å². The maximum absolute atomic E-state index is 12.2. The Kier molecular flexibility index (Phi) is 8.71. The lowest BCUT2D eigenvalue weighted by atomic mass is 9.34. The van der Waals surface area contributed by atoms with Crippen LogP contribution in [0.2, 0.25) is 0 Å². The minimum atomic E-state index is -1.54. The Bertz CT molecular complexity index is 1140. The third-order valence-electron chi connectivity index (χ3n) is 15.3. The molecule has 7 N–H and O–H groups in total. The molecule has 10 heteroatoms. The minimum absolute atomic E-state index is 0.0189. The number of hydrogen-bond acceptors (Lipinski definition) is 10. The van der Waals surface area contributed by atoms with Crippen LogP contribution in [-0.4, -0.2) is 109 Å². The molecule has 2 heterocycles. The molecule has 0 aromatic heterocycles. The zero-order valence-electron chi connectivity index (χ0n) is 29.2. The van der Waals surface area contributed by atoms with Crippen molar-refractivity contribution in [1.29, 1.82) is 0 Å². The number of aliphatic hydroxyl groups excluding tert-OH is 6. The Labute approximate surface area is 274 Å². The lowest BCUT2D eigenvalue weighted by Gasteiger charge is -2.72. The maximum Gasteiger partial charge on any atom is 0.186 e. The predicted octanol–water partition coefficient (Wildman–Crippen LogP) is 2.51. The van der Waals surface area contributed by atoms with Crippen molar-refractivity contribution >= 4 is 0 Å². The molecular formula is C36H62O10. The Hall–Kier alpha value is -0.400. The van der Waals surface area contributed by atoms with Crippen LogP contribution in [0.4, 0.5) is 0 Å². The molecule has 10 nitrogen and oxygen atoms in total. The Morgan fingerprint density at radius 3 is 2.11 bits per heavy atom. The summed E-state index contributed by atoms with van der Waals surface area (Å²) in [6, 6.07) is 0. The van der Waals surface area contributed by atoms with Gasteiger partial charge in [0, 0.05) is 0 Å². The summed E-state index contributed by atoms with van der Waals surface area (Å²) in [5.41, 5.74) is -2.83. The van der Waals surface area contributed by atoms with Gasteiger partial charge in [0.05, 0.1) is 42.2 Å². The smallest absolute Gasteiger partial charge is 0.186 e. The molecule has 266 valence electrons. The van der Waals surface area contributed by atoms with Crippen LogP contribution in [-0.2, 0) is 14.2 Å². The SMILES string of the molecule is CC(C)(O)[C@H]1CC[C@@](C)([C@H]2CC[C@]3(C)[C@@H]2[C@H](O)CC2[C@@]4(C)CC[C@H](O)C(C)(C)C4[C@@H](O[C@@H]4O[C@H](CO)[C@@H](O)[C@H](O)[C@H]4O)C[C@]23C)O1. The van der Waals surface area contributed by atoms with E-state index in [4.69, 9.17) is 14.2 Å². The molecule has 2 unspecified atom stereocenters. The third-order valence-corrected chi connectivity index (χ3v) is 15.3. The molecule has 0 aromatic rings. The number of rotatable bonds is 5. The van der Waals surface area contributed by atoms with E-state index < -0.39 is 72.2 Å². The fourth-order valence-corrected chi connectivity index (χ4v) is 12.7. The molecule has 2 aliphatic heterocycles. The highest BCUT2D eigenvalue weighted by atomic mass is 16.7. The summed E-state index contributed by atoms with van der Waals surface area (Å²) in [5, 5.41) is 76.4. The van der Waals surface area contributed by atoms with Crippen LogP contribution >= 0.6 is 0 Å². The van der Waals surface area contributed by atoms with E-state index in [1.165, 1.54) is 0 Å². The second-order valence-electron chi connectivity index (χ2n) is 18.4. The van der Waals surface area contributed by atoms with Crippen LogP contribution in [0.25, 0.3) is 0 Å². The molecule has 6 fully saturated rings. The van der Waals surface area contributed by atoms with Gasteiger partial charge in [0.25, 0.3) is 0 Å². The third kappa shape index (κ3) is 4.94. The fraction of sp³-hybridized carbons (Fsp3) is 1.00. The average molecular weight is 655 g/mol. The van der Waals surface area contributed by atoms with E-state index in [1.54, 1.807) is 13.8 Å². The first-order chi connectivity index (χ1) is 21.2. The first-order valence-electron chi connectivity index (χ1n) is 17.9. The molecule has 46 heavy (non-hydrogen) atoms. The Morgan fingerprint density at radius 2 is 1.50 bits per heavy atom. The van der Waals surface area contributed by atoms with Crippen molar-refractivity contribution in [2.24, 2.45) is 45.3 Å². The summed E-state index contributed by atoms with van der Waals surface area (Å²) >= 11 is 0. The minimum Gasteiger partial charge on any atom is -0.394 e. The summed E-state index contributed by atoms with van der Waals surface area (Å²) in [6.07, 6.45) is -2.57. The molecule has 6 aliphatic rings. The van der Waals surface area contributed by atoms with Gasteiger partial charge in [0.2, 0.25) is 0 Å². The van der Waals surface area contributed by atoms with Gasteiger partial charge in [-0.3, -0.25) is 0 Å². The van der Waals surface area contributed by atoms with Gasteiger partial charge in [0.1, 0.15) is 24.4 Å². The van der Waals surface area contributed by atoms with E-state index in [2.05, 4.69) is 41.5 Å². The summed E-state index contributed by atoms with van der Waals surface area (Å²) < 4.78 is 19.4. The average Bonchev–Trinajstić information content (AvgIpc) is 3.55. The predicted molar refractivity (Wildman–Crippen MR) is 169 cm³/mol. The van der Waals surface area contributed by atoms with Gasteiger partial charge < -0.3 is 50.0 Å². The lowest BCUT2D eigenvalue weighted by Crippen LogP contribution is -2.71. The molecule has 17 atom stereocenters. The Balaban J connectivity index is 1.38. The molecule has 4 saturated carbocycles. The van der Waals surface area contributed by atoms with E-state index in [1.807, 2.05) is 0 Å². The molecule has 0 spiro atoms. The van der Waals surface area contributed by atoms with Crippen molar-refractivity contribution in [1.82, 2.24) is 0 Å². The normalized spacial score (nSPS) is 57.1. The van der Waals surface area contributed by atoms with Gasteiger partial charge in [-0.1, -0.05) is 34.6 Å². The highest BCUT2D eigenvalue weighted by Crippen LogP contribution is 2.76. The van der Waals surface area contributed by atoms with Crippen molar-refractivity contribution in [3.8, 4) is 0 Å². The molecule has 0 bridgehead atoms. The second kappa shape index (κ2) is 11.3. The van der Waals surface area contributed by atoms with Crippen molar-refractivity contribution in [3.05, 3.63) is 0 Å². The van der Waals surface area contributed by atoms with Crippen LogP contribution in [0.15, 0.2) is 0 Å². The summed E-state index contributed by atoms with van der Waals surface area (Å²) in [7, 11) is 0. The van der Waals surface area contributed by atoms with E-state index in [9.17, 15) is 35.7 Å². The number of aliphatic hydroxyl groups is 7. The Morgan fingerprint density at radius 1 is 0.826 bits per heavy atom. The van der Waals surface area contributed by atoms with Crippen LogP contribution in [0, 0.1) is 45.3 Å². The summed E-state index contributed by atoms with van der Waals surface area (Å²) in [5.74, 6) is 0.0944. The van der Waals surface area contributed by atoms with Crippen molar-refractivity contribution in [2.75, 3.05) is 6.61 Å². The second-order valence-corrected chi connectivity index (χ2v) is 18.4. The van der Waals surface area contributed by atoms with Gasteiger partial charge in [0.15, 0.2) is 6.29 Å². The number of ether oxygens (including phenoxy) is 3. The highest BCUT2D eigenvalue weighted by molar-refractivity contribution is 5.22. The van der Waals surface area contributed by atoms with Gasteiger partial charge >= 0.3 is 0 Å². The van der Waals surface area contributed by atoms with E-state index >= 15 is 0 Å². The topological polar surface area (TPSA) is 169 Å². The quantitative estimate of drug-likeness (QED) is 0.219. The monoisotopic (exact) mass is 654 g/mol. The van der Waals surface area contributed by atoms with Gasteiger partial charge in [-0.25, -0.2) is 0 Å². The number of fused-ring (bicyclic) bond motifs is 5. The van der Waals surface area contributed by atoms with Crippen LogP contribution < -0.4 is 0 Å². The van der Waals surface area contributed by atoms with Crippen molar-refractivity contribution in [3.63, 3.8) is 0 Å². The standard InChI is InChI=1S/C36H62O10/c1-31(2)23(39)10-12-33(5)22-15-19(38)25-18(36(8)14-11-24(46-36)32(3,4)43)9-13-34(25,6)35(22,7)16-20(29(31)33)44-30-28(42)27(41)26(40)21(17-37)45-30/h18-30,37-43H,9-17H2,1-8H3/t18-,19+,20-,21+,22?,23-,24+,25-,26+,27-,28+,29?,30+,33+,34+,35+,36-/m0/s1. The lowest BCUT2D eigenvalue weighted by molar-refractivity contribution is -0.347. The zero-order chi connectivity index (χ0) is 34.0. The summed E-state index contributed by atoms with van der Waals surface area (Å²) in [6.45, 7) is 16.4. The largest absolute Gasteiger partial charge is 0.394 e. The summed E-state index contributed by atoms with van der Waals surface area (Å²) in [4.78, 5) is 0. The highest BCUT2D eigenvalue weighted by Gasteiger charge is 2.74. The molecular weight excluding hydrogens is 592 g/mol. The van der Waals surface area contributed by atoms with Gasteiger partial charge in [-0.2, -0.15) is 0 Å². The number of hydrogen-bond donors (Lipinski definition) is 7.